The maximum absolute atomic E-state index is 5.48. The molecule has 0 atom stereocenters. The van der Waals surface area contributed by atoms with Crippen LogP contribution in [0, 0.1) is 13.8 Å². The summed E-state index contributed by atoms with van der Waals surface area (Å²) in [6, 6.07) is 3.70. The van der Waals surface area contributed by atoms with E-state index in [1.165, 1.54) is 4.88 Å². The van der Waals surface area contributed by atoms with Crippen molar-refractivity contribution < 1.29 is 14.2 Å². The smallest absolute Gasteiger partial charge is 0.191 e. The van der Waals surface area contributed by atoms with Crippen LogP contribution in [0.4, 0.5) is 0 Å². The number of guanidine groups is 1. The molecule has 1 aromatic carbocycles. The van der Waals surface area contributed by atoms with E-state index in [9.17, 15) is 0 Å². The molecule has 2 N–H and O–H groups in total. The summed E-state index contributed by atoms with van der Waals surface area (Å²) in [5.41, 5.74) is 1.97. The highest BCUT2D eigenvalue weighted by atomic mass is 32.1. The first-order valence-electron chi connectivity index (χ1n) is 8.76. The van der Waals surface area contributed by atoms with Crippen molar-refractivity contribution >= 4 is 17.3 Å². The predicted molar refractivity (Wildman–Crippen MR) is 109 cm³/mol. The van der Waals surface area contributed by atoms with Crippen LogP contribution >= 0.6 is 11.3 Å². The van der Waals surface area contributed by atoms with Crippen LogP contribution in [0.25, 0.3) is 0 Å². The second-order valence-electron chi connectivity index (χ2n) is 5.81. The Morgan fingerprint density at radius 1 is 1.04 bits per heavy atom. The van der Waals surface area contributed by atoms with Gasteiger partial charge in [-0.1, -0.05) is 0 Å². The Kier molecular flexibility index (Phi) is 7.72. The summed E-state index contributed by atoms with van der Waals surface area (Å²) in [4.78, 5) is 10.3. The summed E-state index contributed by atoms with van der Waals surface area (Å²) >= 11 is 1.70. The Bertz CT molecular complexity index is 790. The number of nitrogens with zero attached hydrogens (tertiary/aromatic N) is 2. The molecule has 0 bridgehead atoms. The first-order valence-corrected chi connectivity index (χ1v) is 9.57. The standard InChI is InChI=1S/C19H28N4O3S/c1-7-20-19(22-11-18-12(2)23-13(3)27-18)21-10-14-8-16(25-5)17(26-6)9-15(14)24-4/h8-9H,7,10-11H2,1-6H3,(H2,20,21,22). The number of aliphatic imine (C=N–C) groups is 1. The fourth-order valence-electron chi connectivity index (χ4n) is 2.62. The molecule has 0 aliphatic heterocycles. The van der Waals surface area contributed by atoms with Crippen molar-refractivity contribution in [2.45, 2.75) is 33.9 Å². The van der Waals surface area contributed by atoms with E-state index in [-0.39, 0.29) is 0 Å². The van der Waals surface area contributed by atoms with E-state index in [0.717, 1.165) is 28.8 Å². The monoisotopic (exact) mass is 392 g/mol. The number of methoxy groups -OCH3 is 3. The topological polar surface area (TPSA) is 77.0 Å². The van der Waals surface area contributed by atoms with E-state index in [2.05, 4.69) is 20.6 Å². The lowest BCUT2D eigenvalue weighted by molar-refractivity contribution is 0.347. The Morgan fingerprint density at radius 3 is 2.26 bits per heavy atom. The van der Waals surface area contributed by atoms with Gasteiger partial charge in [-0.15, -0.1) is 11.3 Å². The number of benzene rings is 1. The number of hydrogen-bond donors (Lipinski definition) is 2. The lowest BCUT2D eigenvalue weighted by Crippen LogP contribution is -2.36. The molecule has 0 aliphatic carbocycles. The van der Waals surface area contributed by atoms with Gasteiger partial charge in [-0.05, 0) is 26.8 Å². The zero-order valence-electron chi connectivity index (χ0n) is 16.8. The van der Waals surface area contributed by atoms with Crippen LogP contribution in [-0.4, -0.2) is 38.8 Å². The van der Waals surface area contributed by atoms with Gasteiger partial charge in [-0.3, -0.25) is 0 Å². The van der Waals surface area contributed by atoms with Crippen molar-refractivity contribution in [3.05, 3.63) is 33.3 Å². The molecule has 1 aromatic heterocycles. The Labute approximate surface area is 164 Å². The van der Waals surface area contributed by atoms with E-state index in [1.807, 2.05) is 32.9 Å². The number of rotatable bonds is 8. The molecule has 27 heavy (non-hydrogen) atoms. The van der Waals surface area contributed by atoms with Crippen molar-refractivity contribution in [1.82, 2.24) is 15.6 Å². The van der Waals surface area contributed by atoms with Gasteiger partial charge in [0, 0.05) is 23.1 Å². The molecule has 148 valence electrons. The molecule has 2 aromatic rings. The van der Waals surface area contributed by atoms with Gasteiger partial charge in [0.15, 0.2) is 17.5 Å². The number of ether oxygens (including phenoxy) is 3. The predicted octanol–water partition coefficient (Wildman–Crippen LogP) is 3.04. The van der Waals surface area contributed by atoms with E-state index >= 15 is 0 Å². The van der Waals surface area contributed by atoms with Crippen LogP contribution in [0.5, 0.6) is 17.2 Å². The number of thiazole rings is 1. The molecule has 0 radical (unpaired) electrons. The van der Waals surface area contributed by atoms with Crippen LogP contribution in [0.1, 0.15) is 28.1 Å². The number of aryl methyl sites for hydroxylation is 2. The minimum atomic E-state index is 0.444. The molecule has 0 saturated carbocycles. The molecular formula is C19H28N4O3S. The maximum atomic E-state index is 5.48. The lowest BCUT2D eigenvalue weighted by Gasteiger charge is -2.14. The quantitative estimate of drug-likeness (QED) is 0.531. The van der Waals surface area contributed by atoms with Gasteiger partial charge >= 0.3 is 0 Å². The second kappa shape index (κ2) is 10.0. The van der Waals surface area contributed by atoms with Crippen LogP contribution in [-0.2, 0) is 13.1 Å². The number of nitrogens with one attached hydrogen (secondary N) is 2. The summed E-state index contributed by atoms with van der Waals surface area (Å²) in [7, 11) is 4.85. The third-order valence-corrected chi connectivity index (χ3v) is 5.03. The highest BCUT2D eigenvalue weighted by Crippen LogP contribution is 2.34. The normalized spacial score (nSPS) is 11.3. The van der Waals surface area contributed by atoms with Gasteiger partial charge in [0.25, 0.3) is 0 Å². The van der Waals surface area contributed by atoms with Crippen LogP contribution < -0.4 is 24.8 Å². The van der Waals surface area contributed by atoms with Gasteiger partial charge < -0.3 is 24.8 Å². The van der Waals surface area contributed by atoms with E-state index in [4.69, 9.17) is 14.2 Å². The van der Waals surface area contributed by atoms with Gasteiger partial charge in [-0.2, -0.15) is 0 Å². The Morgan fingerprint density at radius 2 is 1.70 bits per heavy atom. The average molecular weight is 393 g/mol. The fraction of sp³-hybridized carbons (Fsp3) is 0.474. The van der Waals surface area contributed by atoms with Crippen molar-refractivity contribution in [2.75, 3.05) is 27.9 Å². The number of aromatic nitrogens is 1. The highest BCUT2D eigenvalue weighted by molar-refractivity contribution is 7.11. The van der Waals surface area contributed by atoms with Gasteiger partial charge in [0.05, 0.1) is 45.1 Å². The summed E-state index contributed by atoms with van der Waals surface area (Å²) in [5, 5.41) is 7.70. The summed E-state index contributed by atoms with van der Waals surface area (Å²) in [6.45, 7) is 7.99. The minimum Gasteiger partial charge on any atom is -0.496 e. The lowest BCUT2D eigenvalue weighted by atomic mass is 10.1. The molecule has 0 spiro atoms. The Hall–Kier alpha value is -2.48. The second-order valence-corrected chi connectivity index (χ2v) is 7.10. The number of hydrogen-bond acceptors (Lipinski definition) is 6. The Balaban J connectivity index is 2.17. The van der Waals surface area contributed by atoms with E-state index in [1.54, 1.807) is 32.7 Å². The SMILES string of the molecule is CCNC(=NCc1cc(OC)c(OC)cc1OC)NCc1sc(C)nc1C. The molecule has 7 nitrogen and oxygen atoms in total. The third kappa shape index (κ3) is 5.50. The highest BCUT2D eigenvalue weighted by Gasteiger charge is 2.12. The van der Waals surface area contributed by atoms with Crippen molar-refractivity contribution in [3.8, 4) is 17.2 Å². The molecule has 2 rings (SSSR count). The van der Waals surface area contributed by atoms with Crippen LogP contribution in [0.2, 0.25) is 0 Å². The first kappa shape index (κ1) is 20.8. The molecule has 0 saturated heterocycles. The molecule has 1 heterocycles. The first-order chi connectivity index (χ1) is 13.0. The summed E-state index contributed by atoms with van der Waals surface area (Å²) in [5.74, 6) is 2.72. The van der Waals surface area contributed by atoms with Crippen molar-refractivity contribution in [3.63, 3.8) is 0 Å². The molecule has 0 unspecified atom stereocenters. The van der Waals surface area contributed by atoms with Crippen LogP contribution in [0.15, 0.2) is 17.1 Å². The third-order valence-electron chi connectivity index (χ3n) is 3.95. The molecule has 0 aliphatic rings. The van der Waals surface area contributed by atoms with Crippen LogP contribution in [0.3, 0.4) is 0 Å². The minimum absolute atomic E-state index is 0.444. The van der Waals surface area contributed by atoms with Gasteiger partial charge in [0.2, 0.25) is 0 Å². The summed E-state index contributed by atoms with van der Waals surface area (Å²) < 4.78 is 16.2. The van der Waals surface area contributed by atoms with Gasteiger partial charge in [-0.25, -0.2) is 9.98 Å². The molecular weight excluding hydrogens is 364 g/mol. The van der Waals surface area contributed by atoms with E-state index in [0.29, 0.717) is 30.3 Å². The zero-order valence-corrected chi connectivity index (χ0v) is 17.6. The average Bonchev–Trinajstić information content (AvgIpc) is 3.00. The molecule has 8 heteroatoms. The van der Waals surface area contributed by atoms with E-state index < -0.39 is 0 Å². The van der Waals surface area contributed by atoms with Gasteiger partial charge in [0.1, 0.15) is 5.75 Å². The van der Waals surface area contributed by atoms with Crippen molar-refractivity contribution in [1.29, 1.82) is 0 Å². The largest absolute Gasteiger partial charge is 0.496 e. The summed E-state index contributed by atoms with van der Waals surface area (Å²) in [6.07, 6.45) is 0. The maximum Gasteiger partial charge on any atom is 0.191 e. The molecule has 0 amide bonds. The zero-order chi connectivity index (χ0) is 19.8. The van der Waals surface area contributed by atoms with Crippen molar-refractivity contribution in [2.24, 2.45) is 4.99 Å². The molecule has 0 fully saturated rings. The fourth-order valence-corrected chi connectivity index (χ4v) is 3.50.